The first-order valence-electron chi connectivity index (χ1n) is 7.42. The van der Waals surface area contributed by atoms with Gasteiger partial charge in [0.25, 0.3) is 5.91 Å². The van der Waals surface area contributed by atoms with Crippen molar-refractivity contribution in [2.24, 2.45) is 0 Å². The van der Waals surface area contributed by atoms with Gasteiger partial charge in [0, 0.05) is 26.2 Å². The van der Waals surface area contributed by atoms with Crippen molar-refractivity contribution in [2.45, 2.75) is 18.9 Å². The summed E-state index contributed by atoms with van der Waals surface area (Å²) >= 11 is 0. The molecule has 0 aliphatic carbocycles. The average Bonchev–Trinajstić information content (AvgIpc) is 3.04. The monoisotopic (exact) mass is 365 g/mol. The number of rotatable bonds is 3. The zero-order chi connectivity index (χ0) is 14.7. The number of halogens is 3. The van der Waals surface area contributed by atoms with Gasteiger partial charge in [0.15, 0.2) is 0 Å². The number of hydrogen-bond acceptors (Lipinski definition) is 4. The molecule has 0 radical (unpaired) electrons. The van der Waals surface area contributed by atoms with Gasteiger partial charge in [-0.05, 0) is 25.0 Å². The van der Waals surface area contributed by atoms with Crippen molar-refractivity contribution in [3.8, 4) is 0 Å². The van der Waals surface area contributed by atoms with E-state index in [9.17, 15) is 9.18 Å². The summed E-state index contributed by atoms with van der Waals surface area (Å²) in [4.78, 5) is 14.3. The van der Waals surface area contributed by atoms with Crippen molar-refractivity contribution < 1.29 is 13.9 Å². The Bertz CT molecular complexity index is 521. The molecule has 2 saturated heterocycles. The predicted octanol–water partition coefficient (Wildman–Crippen LogP) is 2.20. The molecule has 8 heteroatoms. The number of carbonyl (C=O) groups excluding carboxylic acids is 1. The number of carbonyl (C=O) groups is 1. The van der Waals surface area contributed by atoms with E-state index in [1.54, 1.807) is 6.07 Å². The lowest BCUT2D eigenvalue weighted by molar-refractivity contribution is -0.128. The first-order chi connectivity index (χ1) is 10.3. The third-order valence-corrected chi connectivity index (χ3v) is 3.91. The summed E-state index contributed by atoms with van der Waals surface area (Å²) in [5, 5.41) is 5.80. The Balaban J connectivity index is 0.00000132. The average molecular weight is 366 g/mol. The van der Waals surface area contributed by atoms with Crippen molar-refractivity contribution in [1.82, 2.24) is 5.32 Å². The molecule has 2 aliphatic rings. The van der Waals surface area contributed by atoms with Gasteiger partial charge in [0.2, 0.25) is 0 Å². The van der Waals surface area contributed by atoms with Crippen LogP contribution in [0.4, 0.5) is 15.8 Å². The summed E-state index contributed by atoms with van der Waals surface area (Å²) in [6.07, 6.45) is 1.63. The molecule has 2 aliphatic heterocycles. The van der Waals surface area contributed by atoms with E-state index in [1.807, 2.05) is 6.07 Å². The molecule has 2 fully saturated rings. The quantitative estimate of drug-likeness (QED) is 0.861. The lowest BCUT2D eigenvalue weighted by atomic mass is 10.2. The molecule has 1 aromatic carbocycles. The fourth-order valence-electron chi connectivity index (χ4n) is 2.80. The van der Waals surface area contributed by atoms with Crippen LogP contribution >= 0.6 is 24.8 Å². The van der Waals surface area contributed by atoms with Crippen molar-refractivity contribution >= 4 is 42.1 Å². The number of hydrogen-bond donors (Lipinski definition) is 2. The van der Waals surface area contributed by atoms with Crippen LogP contribution in [0.5, 0.6) is 0 Å². The van der Waals surface area contributed by atoms with Crippen LogP contribution in [-0.2, 0) is 9.53 Å². The van der Waals surface area contributed by atoms with Crippen LogP contribution in [0.2, 0.25) is 0 Å². The highest BCUT2D eigenvalue weighted by Crippen LogP contribution is 2.31. The summed E-state index contributed by atoms with van der Waals surface area (Å²) in [6, 6.07) is 4.90. The van der Waals surface area contributed by atoms with Gasteiger partial charge in [0.1, 0.15) is 17.6 Å². The highest BCUT2D eigenvalue weighted by atomic mass is 35.5. The molecule has 0 bridgehead atoms. The molecule has 2 N–H and O–H groups in total. The molecule has 0 aromatic heterocycles. The lowest BCUT2D eigenvalue weighted by Crippen LogP contribution is -2.45. The van der Waals surface area contributed by atoms with Gasteiger partial charge in [-0.15, -0.1) is 24.8 Å². The molecule has 1 aromatic rings. The Labute approximate surface area is 147 Å². The Kier molecular flexibility index (Phi) is 8.05. The lowest BCUT2D eigenvalue weighted by Gasteiger charge is -2.25. The third kappa shape index (κ3) is 4.70. The highest BCUT2D eigenvalue weighted by Gasteiger charge is 2.25. The van der Waals surface area contributed by atoms with Crippen LogP contribution < -0.4 is 15.5 Å². The summed E-state index contributed by atoms with van der Waals surface area (Å²) in [5.41, 5.74) is 1.02. The molecular weight excluding hydrogens is 344 g/mol. The standard InChI is InChI=1S/C15H20FN3O2.2ClH/c16-11-4-3-5-12(19-7-1-2-8-19)14(11)18-15(20)13-10-17-6-9-21-13;;/h3-5,13,17H,1-2,6-10H2,(H,18,20);2*1H. The fraction of sp³-hybridized carbons (Fsp3) is 0.533. The molecule has 1 amide bonds. The van der Waals surface area contributed by atoms with Crippen LogP contribution in [0.3, 0.4) is 0 Å². The normalized spacial score (nSPS) is 20.4. The van der Waals surface area contributed by atoms with E-state index >= 15 is 0 Å². The molecule has 1 unspecified atom stereocenters. The van der Waals surface area contributed by atoms with Crippen molar-refractivity contribution in [3.63, 3.8) is 0 Å². The third-order valence-electron chi connectivity index (χ3n) is 3.91. The minimum absolute atomic E-state index is 0. The largest absolute Gasteiger partial charge is 0.370 e. The smallest absolute Gasteiger partial charge is 0.254 e. The van der Waals surface area contributed by atoms with Gasteiger partial charge in [-0.2, -0.15) is 0 Å². The number of anilines is 2. The van der Waals surface area contributed by atoms with Crippen LogP contribution in [0, 0.1) is 5.82 Å². The Hall–Kier alpha value is -1.08. The molecular formula is C15H22Cl2FN3O2. The zero-order valence-corrected chi connectivity index (χ0v) is 14.4. The molecule has 3 rings (SSSR count). The van der Waals surface area contributed by atoms with E-state index in [4.69, 9.17) is 4.74 Å². The summed E-state index contributed by atoms with van der Waals surface area (Å²) < 4.78 is 19.5. The maximum Gasteiger partial charge on any atom is 0.254 e. The van der Waals surface area contributed by atoms with E-state index in [0.29, 0.717) is 13.2 Å². The minimum atomic E-state index is -0.565. The number of nitrogens with zero attached hydrogens (tertiary/aromatic N) is 1. The first-order valence-corrected chi connectivity index (χ1v) is 7.42. The van der Waals surface area contributed by atoms with E-state index in [-0.39, 0.29) is 36.4 Å². The van der Waals surface area contributed by atoms with Gasteiger partial charge in [-0.1, -0.05) is 6.07 Å². The van der Waals surface area contributed by atoms with E-state index < -0.39 is 11.9 Å². The predicted molar refractivity (Wildman–Crippen MR) is 93.6 cm³/mol. The Morgan fingerprint density at radius 3 is 2.70 bits per heavy atom. The van der Waals surface area contributed by atoms with E-state index in [0.717, 1.165) is 38.2 Å². The Morgan fingerprint density at radius 2 is 2.04 bits per heavy atom. The molecule has 23 heavy (non-hydrogen) atoms. The molecule has 130 valence electrons. The molecule has 2 heterocycles. The van der Waals surface area contributed by atoms with Crippen LogP contribution in [0.15, 0.2) is 18.2 Å². The van der Waals surface area contributed by atoms with Gasteiger partial charge in [-0.3, -0.25) is 4.79 Å². The van der Waals surface area contributed by atoms with Gasteiger partial charge >= 0.3 is 0 Å². The van der Waals surface area contributed by atoms with E-state index in [1.165, 1.54) is 6.07 Å². The van der Waals surface area contributed by atoms with Crippen LogP contribution in [0.25, 0.3) is 0 Å². The maximum absolute atomic E-state index is 14.1. The SMILES string of the molecule is Cl.Cl.O=C(Nc1c(F)cccc1N1CCCC1)C1CNCCO1. The maximum atomic E-state index is 14.1. The number of nitrogens with one attached hydrogen (secondary N) is 2. The second kappa shape index (κ2) is 9.27. The van der Waals surface area contributed by atoms with Crippen LogP contribution in [0.1, 0.15) is 12.8 Å². The first kappa shape index (κ1) is 20.0. The number of ether oxygens (including phenoxy) is 1. The van der Waals surface area contributed by atoms with E-state index in [2.05, 4.69) is 15.5 Å². The van der Waals surface area contributed by atoms with Crippen molar-refractivity contribution in [3.05, 3.63) is 24.0 Å². The van der Waals surface area contributed by atoms with Gasteiger partial charge in [0.05, 0.1) is 12.3 Å². The molecule has 5 nitrogen and oxygen atoms in total. The summed E-state index contributed by atoms with van der Waals surface area (Å²) in [5.74, 6) is -0.704. The summed E-state index contributed by atoms with van der Waals surface area (Å²) in [6.45, 7) is 3.48. The fourth-order valence-corrected chi connectivity index (χ4v) is 2.80. The van der Waals surface area contributed by atoms with Crippen LogP contribution in [-0.4, -0.2) is 44.8 Å². The molecule has 0 saturated carbocycles. The topological polar surface area (TPSA) is 53.6 Å². The molecule has 1 atom stereocenters. The molecule has 0 spiro atoms. The second-order valence-corrected chi connectivity index (χ2v) is 5.38. The number of benzene rings is 1. The number of morpholine rings is 1. The highest BCUT2D eigenvalue weighted by molar-refractivity contribution is 5.97. The van der Waals surface area contributed by atoms with Crippen molar-refractivity contribution in [2.75, 3.05) is 43.0 Å². The second-order valence-electron chi connectivity index (χ2n) is 5.38. The number of amides is 1. The van der Waals surface area contributed by atoms with Gasteiger partial charge < -0.3 is 20.3 Å². The number of para-hydroxylation sites is 1. The Morgan fingerprint density at radius 1 is 1.30 bits per heavy atom. The van der Waals surface area contributed by atoms with Gasteiger partial charge in [-0.25, -0.2) is 4.39 Å². The van der Waals surface area contributed by atoms with Crippen molar-refractivity contribution in [1.29, 1.82) is 0 Å². The summed E-state index contributed by atoms with van der Waals surface area (Å²) in [7, 11) is 0. The zero-order valence-electron chi connectivity index (χ0n) is 12.7. The minimum Gasteiger partial charge on any atom is -0.370 e.